The summed E-state index contributed by atoms with van der Waals surface area (Å²) in [4.78, 5) is 8.04. The Bertz CT molecular complexity index is 801. The molecule has 0 saturated heterocycles. The lowest BCUT2D eigenvalue weighted by Gasteiger charge is -2.40. The standard InChI is InChI=1S/C21H26N2S2/c1-20(2,3)18-12-16-17(25-18)11-15(14-7-5-4-6-8-14)13-21(16)9-10-24-19(22)23-21/h4-8,12,15H,9-11,13H2,1-3H3,(H2,22,23). The van der Waals surface area contributed by atoms with Gasteiger partial charge in [-0.2, -0.15) is 0 Å². The van der Waals surface area contributed by atoms with Gasteiger partial charge in [-0.1, -0.05) is 62.9 Å². The summed E-state index contributed by atoms with van der Waals surface area (Å²) in [6.07, 6.45) is 3.30. The molecule has 1 spiro atoms. The first kappa shape index (κ1) is 17.2. The molecule has 2 aromatic rings. The topological polar surface area (TPSA) is 38.4 Å². The molecule has 2 N–H and O–H groups in total. The van der Waals surface area contributed by atoms with E-state index in [1.807, 2.05) is 11.3 Å². The fourth-order valence-corrected chi connectivity index (χ4v) is 6.36. The average Bonchev–Trinajstić information content (AvgIpc) is 3.01. The molecular formula is C21H26N2S2. The number of thioether (sulfide) groups is 1. The summed E-state index contributed by atoms with van der Waals surface area (Å²) >= 11 is 3.69. The van der Waals surface area contributed by atoms with E-state index in [0.717, 1.165) is 30.2 Å². The highest BCUT2D eigenvalue weighted by atomic mass is 32.2. The molecule has 1 aliphatic carbocycles. The molecule has 0 radical (unpaired) electrons. The Morgan fingerprint density at radius 3 is 2.64 bits per heavy atom. The fraction of sp³-hybridized carbons (Fsp3) is 0.476. The van der Waals surface area contributed by atoms with Crippen molar-refractivity contribution in [2.24, 2.45) is 10.7 Å². The van der Waals surface area contributed by atoms with Crippen molar-refractivity contribution in [1.82, 2.24) is 0 Å². The van der Waals surface area contributed by atoms with E-state index in [0.29, 0.717) is 5.92 Å². The first-order chi connectivity index (χ1) is 11.9. The van der Waals surface area contributed by atoms with E-state index < -0.39 is 0 Å². The third kappa shape index (κ3) is 3.15. The Kier molecular flexibility index (Phi) is 4.24. The molecule has 2 atom stereocenters. The van der Waals surface area contributed by atoms with Crippen LogP contribution < -0.4 is 5.73 Å². The molecule has 4 heteroatoms. The predicted octanol–water partition coefficient (Wildman–Crippen LogP) is 5.42. The fourth-order valence-electron chi connectivity index (χ4n) is 4.08. The second-order valence-electron chi connectivity index (χ2n) is 8.29. The minimum Gasteiger partial charge on any atom is -0.379 e. The number of rotatable bonds is 1. The quantitative estimate of drug-likeness (QED) is 0.727. The molecule has 0 fully saturated rings. The lowest BCUT2D eigenvalue weighted by atomic mass is 9.71. The smallest absolute Gasteiger partial charge is 0.154 e. The van der Waals surface area contributed by atoms with Gasteiger partial charge in [-0.05, 0) is 47.8 Å². The number of hydrogen-bond donors (Lipinski definition) is 1. The molecule has 0 amide bonds. The van der Waals surface area contributed by atoms with Crippen LogP contribution in [0.2, 0.25) is 0 Å². The maximum absolute atomic E-state index is 6.19. The van der Waals surface area contributed by atoms with Gasteiger partial charge in [0.05, 0.1) is 5.54 Å². The Balaban J connectivity index is 1.84. The second kappa shape index (κ2) is 6.17. The van der Waals surface area contributed by atoms with Crippen LogP contribution in [0.3, 0.4) is 0 Å². The van der Waals surface area contributed by atoms with Crippen LogP contribution in [-0.4, -0.2) is 10.9 Å². The molecule has 2 aliphatic rings. The van der Waals surface area contributed by atoms with Crippen LogP contribution in [0.15, 0.2) is 41.4 Å². The van der Waals surface area contributed by atoms with Crippen LogP contribution in [0.5, 0.6) is 0 Å². The first-order valence-electron chi connectivity index (χ1n) is 9.04. The Hall–Kier alpha value is -1.26. The van der Waals surface area contributed by atoms with Gasteiger partial charge in [-0.25, -0.2) is 0 Å². The maximum Gasteiger partial charge on any atom is 0.154 e. The SMILES string of the molecule is CC(C)(C)c1cc2c(s1)CC(c1ccccc1)CC21CCSC(N)=N1. The highest BCUT2D eigenvalue weighted by molar-refractivity contribution is 8.13. The molecule has 0 saturated carbocycles. The van der Waals surface area contributed by atoms with Gasteiger partial charge in [0.25, 0.3) is 0 Å². The lowest BCUT2D eigenvalue weighted by molar-refractivity contribution is 0.338. The molecule has 2 nitrogen and oxygen atoms in total. The number of amidine groups is 1. The zero-order chi connectivity index (χ0) is 17.7. The predicted molar refractivity (Wildman–Crippen MR) is 111 cm³/mol. The first-order valence-corrected chi connectivity index (χ1v) is 10.8. The van der Waals surface area contributed by atoms with Gasteiger partial charge in [0.1, 0.15) is 0 Å². The van der Waals surface area contributed by atoms with Crippen molar-refractivity contribution in [1.29, 1.82) is 0 Å². The molecule has 1 aliphatic heterocycles. The summed E-state index contributed by atoms with van der Waals surface area (Å²) in [6, 6.07) is 13.4. The van der Waals surface area contributed by atoms with Crippen LogP contribution in [-0.2, 0) is 17.4 Å². The highest BCUT2D eigenvalue weighted by Crippen LogP contribution is 2.52. The highest BCUT2D eigenvalue weighted by Gasteiger charge is 2.44. The van der Waals surface area contributed by atoms with E-state index in [-0.39, 0.29) is 11.0 Å². The van der Waals surface area contributed by atoms with E-state index in [2.05, 4.69) is 57.2 Å². The Morgan fingerprint density at radius 2 is 1.96 bits per heavy atom. The summed E-state index contributed by atoms with van der Waals surface area (Å²) in [6.45, 7) is 6.92. The van der Waals surface area contributed by atoms with Gasteiger partial charge in [-0.15, -0.1) is 11.3 Å². The zero-order valence-corrected chi connectivity index (χ0v) is 16.8. The van der Waals surface area contributed by atoms with Gasteiger partial charge >= 0.3 is 0 Å². The van der Waals surface area contributed by atoms with E-state index in [9.17, 15) is 0 Å². The number of thiophene rings is 1. The molecule has 2 unspecified atom stereocenters. The van der Waals surface area contributed by atoms with Crippen LogP contribution in [0.4, 0.5) is 0 Å². The minimum atomic E-state index is -0.122. The number of hydrogen-bond acceptors (Lipinski definition) is 4. The van der Waals surface area contributed by atoms with Crippen LogP contribution >= 0.6 is 23.1 Å². The zero-order valence-electron chi connectivity index (χ0n) is 15.2. The molecular weight excluding hydrogens is 344 g/mol. The van der Waals surface area contributed by atoms with E-state index in [4.69, 9.17) is 10.7 Å². The normalized spacial score (nSPS) is 26.4. The second-order valence-corrected chi connectivity index (χ2v) is 10.5. The average molecular weight is 371 g/mol. The largest absolute Gasteiger partial charge is 0.379 e. The summed E-state index contributed by atoms with van der Waals surface area (Å²) in [5.41, 5.74) is 9.15. The van der Waals surface area contributed by atoms with E-state index in [1.54, 1.807) is 11.8 Å². The van der Waals surface area contributed by atoms with Crippen LogP contribution in [0.1, 0.15) is 60.4 Å². The molecule has 1 aromatic carbocycles. The van der Waals surface area contributed by atoms with Crippen molar-refractivity contribution >= 4 is 28.3 Å². The summed E-state index contributed by atoms with van der Waals surface area (Å²) < 4.78 is 0. The van der Waals surface area contributed by atoms with Gasteiger partial charge in [0.2, 0.25) is 0 Å². The number of fused-ring (bicyclic) bond motifs is 2. The van der Waals surface area contributed by atoms with E-state index >= 15 is 0 Å². The maximum atomic E-state index is 6.19. The number of aliphatic imine (C=N–C) groups is 1. The number of benzene rings is 1. The van der Waals surface area contributed by atoms with Crippen molar-refractivity contribution in [2.75, 3.05) is 5.75 Å². The van der Waals surface area contributed by atoms with E-state index in [1.165, 1.54) is 20.9 Å². The van der Waals surface area contributed by atoms with Gasteiger partial charge in [-0.3, -0.25) is 4.99 Å². The summed E-state index contributed by atoms with van der Waals surface area (Å²) in [7, 11) is 0. The minimum absolute atomic E-state index is 0.122. The third-order valence-electron chi connectivity index (χ3n) is 5.43. The van der Waals surface area contributed by atoms with Crippen molar-refractivity contribution < 1.29 is 0 Å². The molecule has 25 heavy (non-hydrogen) atoms. The van der Waals surface area contributed by atoms with Crippen molar-refractivity contribution in [2.45, 2.75) is 56.9 Å². The Morgan fingerprint density at radius 1 is 1.20 bits per heavy atom. The molecule has 132 valence electrons. The van der Waals surface area contributed by atoms with Crippen molar-refractivity contribution in [3.05, 3.63) is 57.3 Å². The molecule has 4 rings (SSSR count). The summed E-state index contributed by atoms with van der Waals surface area (Å²) in [5.74, 6) is 1.59. The third-order valence-corrected chi connectivity index (χ3v) is 7.80. The lowest BCUT2D eigenvalue weighted by Crippen LogP contribution is -2.36. The number of nitrogens with two attached hydrogens (primary N) is 1. The van der Waals surface area contributed by atoms with Crippen molar-refractivity contribution in [3.63, 3.8) is 0 Å². The number of nitrogens with zero attached hydrogens (tertiary/aromatic N) is 1. The summed E-state index contributed by atoms with van der Waals surface area (Å²) in [5, 5.41) is 0.759. The van der Waals surface area contributed by atoms with Crippen LogP contribution in [0.25, 0.3) is 0 Å². The Labute approximate surface area is 158 Å². The molecule has 1 aromatic heterocycles. The van der Waals surface area contributed by atoms with Gasteiger partial charge in [0, 0.05) is 15.5 Å². The molecule has 0 bridgehead atoms. The monoisotopic (exact) mass is 370 g/mol. The van der Waals surface area contributed by atoms with Crippen molar-refractivity contribution in [3.8, 4) is 0 Å². The van der Waals surface area contributed by atoms with Gasteiger partial charge in [0.15, 0.2) is 5.17 Å². The van der Waals surface area contributed by atoms with Gasteiger partial charge < -0.3 is 5.73 Å². The molecule has 2 heterocycles. The van der Waals surface area contributed by atoms with Crippen LogP contribution in [0, 0.1) is 0 Å².